The smallest absolute Gasteiger partial charge is 0.319 e. The Labute approximate surface area is 147 Å². The molecule has 2 N–H and O–H groups in total. The highest BCUT2D eigenvalue weighted by atomic mass is 16.5. The summed E-state index contributed by atoms with van der Waals surface area (Å²) in [6.07, 6.45) is 5.37. The van der Waals surface area contributed by atoms with Gasteiger partial charge >= 0.3 is 6.03 Å². The van der Waals surface area contributed by atoms with Crippen molar-refractivity contribution in [2.45, 2.75) is 25.8 Å². The Balaban J connectivity index is 1.52. The first-order valence-corrected chi connectivity index (χ1v) is 8.50. The van der Waals surface area contributed by atoms with E-state index in [0.29, 0.717) is 12.2 Å². The van der Waals surface area contributed by atoms with Crippen LogP contribution >= 0.6 is 0 Å². The number of carbonyl (C=O) groups excluding carboxylic acids is 1. The van der Waals surface area contributed by atoms with E-state index in [1.54, 1.807) is 37.6 Å². The third kappa shape index (κ3) is 4.82. The lowest BCUT2D eigenvalue weighted by Crippen LogP contribution is -2.32. The van der Waals surface area contributed by atoms with Crippen molar-refractivity contribution in [1.29, 1.82) is 0 Å². The zero-order chi connectivity index (χ0) is 17.5. The zero-order valence-corrected chi connectivity index (χ0v) is 14.4. The fraction of sp³-hybridized carbons (Fsp3) is 0.389. The summed E-state index contributed by atoms with van der Waals surface area (Å²) < 4.78 is 5.09. The molecule has 1 aromatic carbocycles. The molecule has 0 bridgehead atoms. The first kappa shape index (κ1) is 17.0. The molecule has 2 aromatic rings. The molecule has 1 aliphatic heterocycles. The molecule has 1 aliphatic rings. The number of urea groups is 1. The van der Waals surface area contributed by atoms with Gasteiger partial charge < -0.3 is 20.3 Å². The van der Waals surface area contributed by atoms with Gasteiger partial charge in [-0.25, -0.2) is 14.8 Å². The molecule has 2 heterocycles. The van der Waals surface area contributed by atoms with Crippen molar-refractivity contribution >= 4 is 17.7 Å². The van der Waals surface area contributed by atoms with E-state index < -0.39 is 0 Å². The quantitative estimate of drug-likeness (QED) is 0.874. The summed E-state index contributed by atoms with van der Waals surface area (Å²) in [6, 6.07) is 8.72. The van der Waals surface area contributed by atoms with Gasteiger partial charge in [0, 0.05) is 25.0 Å². The topological polar surface area (TPSA) is 79.4 Å². The molecule has 25 heavy (non-hydrogen) atoms. The maximum absolute atomic E-state index is 12.0. The second kappa shape index (κ2) is 8.32. The number of benzene rings is 1. The molecule has 132 valence electrons. The highest BCUT2D eigenvalue weighted by Crippen LogP contribution is 2.16. The molecule has 3 rings (SSSR count). The summed E-state index contributed by atoms with van der Waals surface area (Å²) in [4.78, 5) is 23.1. The number of ether oxygens (including phenoxy) is 1. The van der Waals surface area contributed by atoms with Gasteiger partial charge in [-0.1, -0.05) is 0 Å². The van der Waals surface area contributed by atoms with Gasteiger partial charge in [-0.2, -0.15) is 0 Å². The lowest BCUT2D eigenvalue weighted by Gasteiger charge is -2.26. The number of methoxy groups -OCH3 is 1. The molecule has 0 unspecified atom stereocenters. The van der Waals surface area contributed by atoms with Crippen LogP contribution in [0.15, 0.2) is 36.5 Å². The molecule has 0 saturated carbocycles. The van der Waals surface area contributed by atoms with Gasteiger partial charge in [0.15, 0.2) is 0 Å². The summed E-state index contributed by atoms with van der Waals surface area (Å²) >= 11 is 0. The van der Waals surface area contributed by atoms with E-state index in [0.717, 1.165) is 30.5 Å². The van der Waals surface area contributed by atoms with Gasteiger partial charge in [0.25, 0.3) is 0 Å². The molecule has 1 aromatic heterocycles. The van der Waals surface area contributed by atoms with Crippen LogP contribution in [0.1, 0.15) is 25.0 Å². The Morgan fingerprint density at radius 1 is 1.16 bits per heavy atom. The highest BCUT2D eigenvalue weighted by molar-refractivity contribution is 5.89. The maximum Gasteiger partial charge on any atom is 0.319 e. The van der Waals surface area contributed by atoms with E-state index in [2.05, 4.69) is 25.5 Å². The summed E-state index contributed by atoms with van der Waals surface area (Å²) in [5.74, 6) is 1.49. The third-order valence-corrected chi connectivity index (χ3v) is 4.12. The Hall–Kier alpha value is -2.83. The highest BCUT2D eigenvalue weighted by Gasteiger charge is 2.13. The lowest BCUT2D eigenvalue weighted by molar-refractivity contribution is 0.251. The largest absolute Gasteiger partial charge is 0.497 e. The monoisotopic (exact) mass is 341 g/mol. The normalized spacial score (nSPS) is 14.0. The number of carbonyl (C=O) groups is 1. The molecular weight excluding hydrogens is 318 g/mol. The molecular formula is C18H23N5O2. The van der Waals surface area contributed by atoms with Gasteiger partial charge in [-0.15, -0.1) is 0 Å². The van der Waals surface area contributed by atoms with Crippen molar-refractivity contribution in [1.82, 2.24) is 15.3 Å². The van der Waals surface area contributed by atoms with Crippen molar-refractivity contribution in [3.8, 4) is 5.75 Å². The number of amides is 2. The number of hydrogen-bond donors (Lipinski definition) is 2. The van der Waals surface area contributed by atoms with Crippen LogP contribution in [0.4, 0.5) is 16.4 Å². The average Bonchev–Trinajstić information content (AvgIpc) is 2.68. The van der Waals surface area contributed by atoms with E-state index in [-0.39, 0.29) is 6.03 Å². The van der Waals surface area contributed by atoms with Crippen LogP contribution < -0.4 is 20.3 Å². The van der Waals surface area contributed by atoms with Crippen molar-refractivity contribution in [2.24, 2.45) is 0 Å². The van der Waals surface area contributed by atoms with Crippen LogP contribution in [0, 0.1) is 0 Å². The Morgan fingerprint density at radius 2 is 1.92 bits per heavy atom. The van der Waals surface area contributed by atoms with E-state index in [4.69, 9.17) is 4.74 Å². The van der Waals surface area contributed by atoms with Gasteiger partial charge in [-0.3, -0.25) is 0 Å². The van der Waals surface area contributed by atoms with Crippen LogP contribution in [-0.2, 0) is 6.54 Å². The Morgan fingerprint density at radius 3 is 2.64 bits per heavy atom. The first-order chi connectivity index (χ1) is 12.2. The van der Waals surface area contributed by atoms with E-state index in [9.17, 15) is 4.79 Å². The number of rotatable bonds is 5. The van der Waals surface area contributed by atoms with Crippen molar-refractivity contribution in [2.75, 3.05) is 30.4 Å². The minimum absolute atomic E-state index is 0.275. The molecule has 1 saturated heterocycles. The Bertz CT molecular complexity index is 699. The standard InChI is InChI=1S/C18H23N5O2/c1-25-16-7-5-14(6-8-16)22-18(24)20-13-15-9-10-19-17(21-15)23-11-3-2-4-12-23/h5-10H,2-4,11-13H2,1H3,(H2,20,22,24). The molecule has 0 atom stereocenters. The predicted octanol–water partition coefficient (Wildman–Crippen LogP) is 2.80. The SMILES string of the molecule is COc1ccc(NC(=O)NCc2ccnc(N3CCCCC3)n2)cc1. The van der Waals surface area contributed by atoms with Crippen molar-refractivity contribution in [3.05, 3.63) is 42.2 Å². The molecule has 0 radical (unpaired) electrons. The zero-order valence-electron chi connectivity index (χ0n) is 14.4. The average molecular weight is 341 g/mol. The maximum atomic E-state index is 12.0. The molecule has 0 spiro atoms. The Kier molecular flexibility index (Phi) is 5.66. The molecule has 7 nitrogen and oxygen atoms in total. The lowest BCUT2D eigenvalue weighted by atomic mass is 10.1. The van der Waals surface area contributed by atoms with Gasteiger partial charge in [0.1, 0.15) is 5.75 Å². The third-order valence-electron chi connectivity index (χ3n) is 4.12. The number of aromatic nitrogens is 2. The van der Waals surface area contributed by atoms with Crippen LogP contribution in [0.25, 0.3) is 0 Å². The number of nitrogens with one attached hydrogen (secondary N) is 2. The number of anilines is 2. The van der Waals surface area contributed by atoms with Crippen LogP contribution in [-0.4, -0.2) is 36.2 Å². The van der Waals surface area contributed by atoms with Gasteiger partial charge in [-0.05, 0) is 49.6 Å². The first-order valence-electron chi connectivity index (χ1n) is 8.50. The fourth-order valence-electron chi connectivity index (χ4n) is 2.75. The summed E-state index contributed by atoms with van der Waals surface area (Å²) in [6.45, 7) is 2.34. The van der Waals surface area contributed by atoms with E-state index in [1.165, 1.54) is 19.3 Å². The summed E-state index contributed by atoms with van der Waals surface area (Å²) in [5.41, 5.74) is 1.50. The number of nitrogens with zero attached hydrogens (tertiary/aromatic N) is 3. The molecule has 7 heteroatoms. The van der Waals surface area contributed by atoms with Crippen LogP contribution in [0.5, 0.6) is 5.75 Å². The van der Waals surface area contributed by atoms with E-state index in [1.807, 2.05) is 6.07 Å². The number of hydrogen-bond acceptors (Lipinski definition) is 5. The number of piperidine rings is 1. The van der Waals surface area contributed by atoms with Crippen LogP contribution in [0.2, 0.25) is 0 Å². The molecule has 0 aliphatic carbocycles. The fourth-order valence-corrected chi connectivity index (χ4v) is 2.75. The van der Waals surface area contributed by atoms with E-state index >= 15 is 0 Å². The molecule has 1 fully saturated rings. The summed E-state index contributed by atoms with van der Waals surface area (Å²) in [5, 5.41) is 5.60. The minimum atomic E-state index is -0.275. The van der Waals surface area contributed by atoms with Gasteiger partial charge in [0.05, 0.1) is 19.3 Å². The second-order valence-corrected chi connectivity index (χ2v) is 5.93. The van der Waals surface area contributed by atoms with Crippen molar-refractivity contribution < 1.29 is 9.53 Å². The van der Waals surface area contributed by atoms with Gasteiger partial charge in [0.2, 0.25) is 5.95 Å². The summed E-state index contributed by atoms with van der Waals surface area (Å²) in [7, 11) is 1.61. The van der Waals surface area contributed by atoms with Crippen LogP contribution in [0.3, 0.4) is 0 Å². The second-order valence-electron chi connectivity index (χ2n) is 5.93. The van der Waals surface area contributed by atoms with Crippen molar-refractivity contribution in [3.63, 3.8) is 0 Å². The molecule has 2 amide bonds. The minimum Gasteiger partial charge on any atom is -0.497 e. The predicted molar refractivity (Wildman–Crippen MR) is 96.9 cm³/mol.